The van der Waals surface area contributed by atoms with Crippen LogP contribution in [0.5, 0.6) is 0 Å². The third-order valence-electron chi connectivity index (χ3n) is 2.71. The summed E-state index contributed by atoms with van der Waals surface area (Å²) >= 11 is 0. The highest BCUT2D eigenvalue weighted by Crippen LogP contribution is 2.35. The molecular formula is C9H19NO. The highest BCUT2D eigenvalue weighted by molar-refractivity contribution is 4.93. The maximum Gasteiger partial charge on any atom is 0.0829 e. The molecule has 1 aliphatic rings. The summed E-state index contributed by atoms with van der Waals surface area (Å²) in [5, 5.41) is 0. The molecule has 0 radical (unpaired) electrons. The first-order chi connectivity index (χ1) is 5.21. The quantitative estimate of drug-likeness (QED) is 0.676. The van der Waals surface area contributed by atoms with Crippen LogP contribution in [0.1, 0.15) is 39.5 Å². The lowest BCUT2D eigenvalue weighted by molar-refractivity contribution is -0.0486. The molecule has 0 bridgehead atoms. The fourth-order valence-corrected chi connectivity index (χ4v) is 1.99. The molecule has 66 valence electrons. The molecule has 11 heavy (non-hydrogen) atoms. The van der Waals surface area contributed by atoms with E-state index in [1.54, 1.807) is 0 Å². The van der Waals surface area contributed by atoms with E-state index in [1.165, 1.54) is 12.8 Å². The standard InChI is InChI=1S/C9H19NO/c1-3-11-9(8(2)10)6-4-5-7-9/h8H,3-7,10H2,1-2H3/t8-/m0/s1. The Morgan fingerprint density at radius 1 is 1.45 bits per heavy atom. The molecule has 0 aliphatic heterocycles. The van der Waals surface area contributed by atoms with Gasteiger partial charge in [-0.3, -0.25) is 0 Å². The van der Waals surface area contributed by atoms with Crippen LogP contribution in [0.25, 0.3) is 0 Å². The molecule has 2 heteroatoms. The van der Waals surface area contributed by atoms with Crippen molar-refractivity contribution in [2.75, 3.05) is 6.61 Å². The molecule has 0 aromatic heterocycles. The van der Waals surface area contributed by atoms with Crippen molar-refractivity contribution < 1.29 is 4.74 Å². The van der Waals surface area contributed by atoms with Gasteiger partial charge in [0, 0.05) is 12.6 Å². The molecule has 0 aromatic rings. The van der Waals surface area contributed by atoms with E-state index < -0.39 is 0 Å². The number of nitrogens with two attached hydrogens (primary N) is 1. The van der Waals surface area contributed by atoms with Gasteiger partial charge >= 0.3 is 0 Å². The normalized spacial score (nSPS) is 25.4. The first-order valence-corrected chi connectivity index (χ1v) is 4.61. The Labute approximate surface area is 69.1 Å². The fraction of sp³-hybridized carbons (Fsp3) is 1.00. The van der Waals surface area contributed by atoms with Gasteiger partial charge in [0.1, 0.15) is 0 Å². The van der Waals surface area contributed by atoms with Gasteiger partial charge in [-0.25, -0.2) is 0 Å². The Bertz CT molecular complexity index is 117. The molecule has 0 amide bonds. The van der Waals surface area contributed by atoms with Crippen LogP contribution in [0.15, 0.2) is 0 Å². The lowest BCUT2D eigenvalue weighted by Gasteiger charge is -2.32. The summed E-state index contributed by atoms with van der Waals surface area (Å²) in [5.41, 5.74) is 5.92. The van der Waals surface area contributed by atoms with E-state index >= 15 is 0 Å². The predicted molar refractivity (Wildman–Crippen MR) is 46.5 cm³/mol. The van der Waals surface area contributed by atoms with Crippen molar-refractivity contribution in [3.05, 3.63) is 0 Å². The monoisotopic (exact) mass is 157 g/mol. The molecule has 2 N–H and O–H groups in total. The number of hydrogen-bond donors (Lipinski definition) is 1. The zero-order valence-electron chi connectivity index (χ0n) is 7.60. The predicted octanol–water partition coefficient (Wildman–Crippen LogP) is 1.68. The average Bonchev–Trinajstić information content (AvgIpc) is 2.38. The van der Waals surface area contributed by atoms with Crippen molar-refractivity contribution in [1.29, 1.82) is 0 Å². The van der Waals surface area contributed by atoms with Crippen LogP contribution >= 0.6 is 0 Å². The van der Waals surface area contributed by atoms with E-state index in [0.717, 1.165) is 19.4 Å². The van der Waals surface area contributed by atoms with Gasteiger partial charge in [0.2, 0.25) is 0 Å². The minimum absolute atomic E-state index is 0.0226. The molecule has 0 saturated heterocycles. The molecule has 0 aromatic carbocycles. The van der Waals surface area contributed by atoms with Gasteiger partial charge in [-0.15, -0.1) is 0 Å². The minimum atomic E-state index is 0.0226. The number of rotatable bonds is 3. The highest BCUT2D eigenvalue weighted by atomic mass is 16.5. The van der Waals surface area contributed by atoms with Gasteiger partial charge in [-0.05, 0) is 26.7 Å². The van der Waals surface area contributed by atoms with Crippen LogP contribution < -0.4 is 5.73 Å². The minimum Gasteiger partial charge on any atom is -0.374 e. The lowest BCUT2D eigenvalue weighted by atomic mass is 9.94. The Hall–Kier alpha value is -0.0800. The van der Waals surface area contributed by atoms with Gasteiger partial charge in [0.25, 0.3) is 0 Å². The Morgan fingerprint density at radius 3 is 2.36 bits per heavy atom. The second kappa shape index (κ2) is 3.55. The van der Waals surface area contributed by atoms with Gasteiger partial charge in [-0.2, -0.15) is 0 Å². The third-order valence-corrected chi connectivity index (χ3v) is 2.71. The Balaban J connectivity index is 2.55. The van der Waals surface area contributed by atoms with Crippen molar-refractivity contribution in [1.82, 2.24) is 0 Å². The van der Waals surface area contributed by atoms with Crippen LogP contribution in [-0.4, -0.2) is 18.2 Å². The van der Waals surface area contributed by atoms with E-state index in [9.17, 15) is 0 Å². The maximum atomic E-state index is 5.89. The summed E-state index contributed by atoms with van der Waals surface area (Å²) in [5.74, 6) is 0. The van der Waals surface area contributed by atoms with Gasteiger partial charge in [0.15, 0.2) is 0 Å². The molecular weight excluding hydrogens is 138 g/mol. The first kappa shape index (κ1) is 9.01. The third kappa shape index (κ3) is 1.74. The van der Waals surface area contributed by atoms with Crippen molar-refractivity contribution in [2.24, 2.45) is 5.73 Å². The van der Waals surface area contributed by atoms with Crippen LogP contribution in [0.3, 0.4) is 0 Å². The fourth-order valence-electron chi connectivity index (χ4n) is 1.99. The largest absolute Gasteiger partial charge is 0.374 e. The smallest absolute Gasteiger partial charge is 0.0829 e. The number of ether oxygens (including phenoxy) is 1. The molecule has 0 heterocycles. The van der Waals surface area contributed by atoms with Gasteiger partial charge < -0.3 is 10.5 Å². The molecule has 0 unspecified atom stereocenters. The van der Waals surface area contributed by atoms with E-state index in [2.05, 4.69) is 6.92 Å². The van der Waals surface area contributed by atoms with E-state index in [-0.39, 0.29) is 11.6 Å². The van der Waals surface area contributed by atoms with Crippen LogP contribution in [0.2, 0.25) is 0 Å². The zero-order valence-corrected chi connectivity index (χ0v) is 7.60. The lowest BCUT2D eigenvalue weighted by Crippen LogP contribution is -2.46. The summed E-state index contributed by atoms with van der Waals surface area (Å²) in [6, 6.07) is 0.185. The van der Waals surface area contributed by atoms with E-state index in [0.29, 0.717) is 0 Å². The Kier molecular flexibility index (Phi) is 2.90. The summed E-state index contributed by atoms with van der Waals surface area (Å²) < 4.78 is 5.73. The second-order valence-electron chi connectivity index (χ2n) is 3.49. The van der Waals surface area contributed by atoms with Gasteiger partial charge in [0.05, 0.1) is 5.60 Å². The Morgan fingerprint density at radius 2 is 2.00 bits per heavy atom. The summed E-state index contributed by atoms with van der Waals surface area (Å²) in [4.78, 5) is 0. The maximum absolute atomic E-state index is 5.89. The molecule has 1 fully saturated rings. The van der Waals surface area contributed by atoms with Crippen molar-refractivity contribution >= 4 is 0 Å². The molecule has 0 spiro atoms. The van der Waals surface area contributed by atoms with Gasteiger partial charge in [-0.1, -0.05) is 12.8 Å². The second-order valence-corrected chi connectivity index (χ2v) is 3.49. The molecule has 1 rings (SSSR count). The van der Waals surface area contributed by atoms with Crippen molar-refractivity contribution in [3.8, 4) is 0 Å². The molecule has 1 saturated carbocycles. The van der Waals surface area contributed by atoms with Crippen molar-refractivity contribution in [2.45, 2.75) is 51.2 Å². The number of hydrogen-bond acceptors (Lipinski definition) is 2. The summed E-state index contributed by atoms with van der Waals surface area (Å²) in [6.45, 7) is 4.89. The van der Waals surface area contributed by atoms with E-state index in [1.807, 2.05) is 6.92 Å². The first-order valence-electron chi connectivity index (χ1n) is 4.61. The zero-order chi connectivity index (χ0) is 8.32. The summed E-state index contributed by atoms with van der Waals surface area (Å²) in [7, 11) is 0. The van der Waals surface area contributed by atoms with Crippen LogP contribution in [0.4, 0.5) is 0 Å². The van der Waals surface area contributed by atoms with E-state index in [4.69, 9.17) is 10.5 Å². The summed E-state index contributed by atoms with van der Waals surface area (Å²) in [6.07, 6.45) is 4.86. The highest BCUT2D eigenvalue weighted by Gasteiger charge is 2.37. The van der Waals surface area contributed by atoms with Crippen molar-refractivity contribution in [3.63, 3.8) is 0 Å². The molecule has 1 aliphatic carbocycles. The average molecular weight is 157 g/mol. The SMILES string of the molecule is CCOC1([C@H](C)N)CCCC1. The molecule has 2 nitrogen and oxygen atoms in total. The topological polar surface area (TPSA) is 35.2 Å². The molecule has 1 atom stereocenters. The van der Waals surface area contributed by atoms with Crippen LogP contribution in [0, 0.1) is 0 Å². The van der Waals surface area contributed by atoms with Crippen LogP contribution in [-0.2, 0) is 4.74 Å².